The summed E-state index contributed by atoms with van der Waals surface area (Å²) in [5.41, 5.74) is 1.53. The minimum atomic E-state index is -2.11. The quantitative estimate of drug-likeness (QED) is 0.0933. The maximum atomic E-state index is 13.1. The van der Waals surface area contributed by atoms with Gasteiger partial charge in [0.25, 0.3) is 0 Å². The highest BCUT2D eigenvalue weighted by atomic mass is 28.4. The Balaban J connectivity index is 2.56. The van der Waals surface area contributed by atoms with E-state index in [1.54, 1.807) is 6.92 Å². The molecule has 2 rings (SSSR count). The maximum absolute atomic E-state index is 13.1. The van der Waals surface area contributed by atoms with Crippen molar-refractivity contribution in [3.63, 3.8) is 0 Å². The molecule has 2 heterocycles. The van der Waals surface area contributed by atoms with Gasteiger partial charge in [-0.1, -0.05) is 79.2 Å². The number of cyclic esters (lactones) is 1. The average Bonchev–Trinajstić information content (AvgIpc) is 3.61. The van der Waals surface area contributed by atoms with Crippen molar-refractivity contribution in [2.45, 2.75) is 155 Å². The highest BCUT2D eigenvalue weighted by Gasteiger charge is 2.55. The number of epoxide rings is 1. The van der Waals surface area contributed by atoms with Gasteiger partial charge in [-0.05, 0) is 62.6 Å². The number of carbonyl (C=O) groups excluding carboxylic acids is 2. The van der Waals surface area contributed by atoms with Gasteiger partial charge in [-0.3, -0.25) is 0 Å². The number of allylic oxidation sites excluding steroid dienone is 2. The lowest BCUT2D eigenvalue weighted by atomic mass is 9.95. The van der Waals surface area contributed by atoms with Crippen molar-refractivity contribution < 1.29 is 27.9 Å². The summed E-state index contributed by atoms with van der Waals surface area (Å²) < 4.78 is 26.6. The molecule has 1 fully saturated rings. The monoisotopic (exact) mass is 620 g/mol. The maximum Gasteiger partial charge on any atom is 0.334 e. The van der Waals surface area contributed by atoms with E-state index in [1.807, 2.05) is 19.9 Å². The highest BCUT2D eigenvalue weighted by Crippen LogP contribution is 2.45. The Morgan fingerprint density at radius 1 is 0.952 bits per heavy atom. The highest BCUT2D eigenvalue weighted by molar-refractivity contribution is 6.74. The van der Waals surface area contributed by atoms with Gasteiger partial charge in [-0.15, -0.1) is 0 Å². The summed E-state index contributed by atoms with van der Waals surface area (Å²) >= 11 is 0. The molecule has 42 heavy (non-hydrogen) atoms. The number of rotatable bonds is 7. The standard InChI is InChI=1S/C34H60O6Si2/c1-23-21-25(3)29(40-42(13,14)34(8,9)10)31-30(38-31)28(39-41(11,12)33(5,6)7)18-16-15-17-27(24(2)19-20-35)37-32(36)26(4)22-23/h15-16,20-22,24-25,27-31H,17-19H2,1-14H3/b16-15+,23-21+,26-22+/t24-,25+,27-,28+,29-,30-,31-/m0/s1. The number of esters is 1. The van der Waals surface area contributed by atoms with Crippen LogP contribution in [-0.2, 0) is 27.9 Å². The van der Waals surface area contributed by atoms with Crippen LogP contribution in [0.2, 0.25) is 36.3 Å². The van der Waals surface area contributed by atoms with Crippen LogP contribution in [0, 0.1) is 11.8 Å². The minimum Gasteiger partial charge on any atom is -0.458 e. The summed E-state index contributed by atoms with van der Waals surface area (Å²) in [6.45, 7) is 30.7. The first-order chi connectivity index (χ1) is 19.1. The largest absolute Gasteiger partial charge is 0.458 e. The zero-order valence-electron chi connectivity index (χ0n) is 29.0. The summed E-state index contributed by atoms with van der Waals surface area (Å²) in [6, 6.07) is 0. The fourth-order valence-corrected chi connectivity index (χ4v) is 7.57. The molecule has 240 valence electrons. The van der Waals surface area contributed by atoms with E-state index in [0.717, 1.165) is 11.9 Å². The van der Waals surface area contributed by atoms with Gasteiger partial charge >= 0.3 is 5.97 Å². The summed E-state index contributed by atoms with van der Waals surface area (Å²) in [5.74, 6) is -0.368. The Morgan fingerprint density at radius 2 is 1.50 bits per heavy atom. The van der Waals surface area contributed by atoms with Crippen LogP contribution in [0.1, 0.15) is 88.5 Å². The zero-order chi connectivity index (χ0) is 32.3. The smallest absolute Gasteiger partial charge is 0.334 e. The Labute approximate surface area is 258 Å². The van der Waals surface area contributed by atoms with Crippen LogP contribution in [-0.4, -0.2) is 59.4 Å². The second kappa shape index (κ2) is 14.2. The van der Waals surface area contributed by atoms with E-state index in [0.29, 0.717) is 24.8 Å². The first-order valence-electron chi connectivity index (χ1n) is 15.8. The molecule has 0 spiro atoms. The Bertz CT molecular complexity index is 1030. The second-order valence-corrected chi connectivity index (χ2v) is 25.2. The van der Waals surface area contributed by atoms with E-state index >= 15 is 0 Å². The van der Waals surface area contributed by atoms with E-state index in [4.69, 9.17) is 18.3 Å². The van der Waals surface area contributed by atoms with Crippen molar-refractivity contribution >= 4 is 28.9 Å². The predicted octanol–water partition coefficient (Wildman–Crippen LogP) is 8.55. The van der Waals surface area contributed by atoms with Crippen molar-refractivity contribution in [2.24, 2.45) is 11.8 Å². The van der Waals surface area contributed by atoms with Crippen LogP contribution in [0.5, 0.6) is 0 Å². The lowest BCUT2D eigenvalue weighted by Gasteiger charge is -2.41. The molecule has 0 aromatic rings. The number of ether oxygens (including phenoxy) is 2. The van der Waals surface area contributed by atoms with Crippen LogP contribution in [0.15, 0.2) is 35.5 Å². The Morgan fingerprint density at radius 3 is 2.05 bits per heavy atom. The van der Waals surface area contributed by atoms with Gasteiger partial charge in [0.1, 0.15) is 24.6 Å². The van der Waals surface area contributed by atoms with Crippen molar-refractivity contribution in [1.82, 2.24) is 0 Å². The molecule has 0 aromatic heterocycles. The lowest BCUT2D eigenvalue weighted by molar-refractivity contribution is -0.147. The summed E-state index contributed by atoms with van der Waals surface area (Å²) in [5, 5.41) is 0.122. The van der Waals surface area contributed by atoms with E-state index < -0.39 is 16.6 Å². The predicted molar refractivity (Wildman–Crippen MR) is 178 cm³/mol. The van der Waals surface area contributed by atoms with Crippen LogP contribution in [0.25, 0.3) is 0 Å². The van der Waals surface area contributed by atoms with E-state index in [1.165, 1.54) is 0 Å². The van der Waals surface area contributed by atoms with Gasteiger partial charge in [0, 0.05) is 30.3 Å². The average molecular weight is 621 g/mol. The molecule has 0 aliphatic carbocycles. The molecule has 8 heteroatoms. The number of hydrogen-bond acceptors (Lipinski definition) is 6. The third-order valence-corrected chi connectivity index (χ3v) is 18.8. The lowest BCUT2D eigenvalue weighted by Crippen LogP contribution is -2.48. The second-order valence-electron chi connectivity index (χ2n) is 15.7. The molecule has 0 saturated carbocycles. The number of carbonyl (C=O) groups is 2. The van der Waals surface area contributed by atoms with Gasteiger partial charge < -0.3 is 23.1 Å². The molecule has 0 amide bonds. The topological polar surface area (TPSA) is 74.4 Å². The van der Waals surface area contributed by atoms with Crippen LogP contribution in [0.3, 0.4) is 0 Å². The molecular weight excluding hydrogens is 561 g/mol. The Hall–Kier alpha value is -1.33. The molecular formula is C34H60O6Si2. The number of hydrogen-bond donors (Lipinski definition) is 0. The first-order valence-corrected chi connectivity index (χ1v) is 21.6. The molecule has 0 unspecified atom stereocenters. The molecule has 2 aliphatic rings. The fourth-order valence-electron chi connectivity index (χ4n) is 4.84. The van der Waals surface area contributed by atoms with Crippen LogP contribution >= 0.6 is 0 Å². The van der Waals surface area contributed by atoms with Crippen molar-refractivity contribution in [3.8, 4) is 0 Å². The fraction of sp³-hybridized carbons (Fsp3) is 0.765. The SMILES string of the molecule is CC1=C\[C@@H](C)[C@H](O[Si](C)(C)C(C)(C)C)[C@@H]2O[C@H]2[C@H](O[Si](C)(C)C(C)(C)C)C/C=C/C[C@@H]([C@@H](C)CC=O)OC(=O)\C(C)=C\1. The minimum absolute atomic E-state index is 0.0532. The van der Waals surface area contributed by atoms with Crippen LogP contribution < -0.4 is 0 Å². The third-order valence-electron chi connectivity index (χ3n) is 9.82. The van der Waals surface area contributed by atoms with Gasteiger partial charge in [0.15, 0.2) is 16.6 Å². The molecule has 1 saturated heterocycles. The summed E-state index contributed by atoms with van der Waals surface area (Å²) in [4.78, 5) is 24.4. The molecule has 0 N–H and O–H groups in total. The van der Waals surface area contributed by atoms with E-state index in [9.17, 15) is 9.59 Å². The molecule has 7 atom stereocenters. The molecule has 2 aliphatic heterocycles. The van der Waals surface area contributed by atoms with Gasteiger partial charge in [-0.2, -0.15) is 0 Å². The molecule has 0 radical (unpaired) electrons. The molecule has 0 aromatic carbocycles. The third kappa shape index (κ3) is 9.84. The van der Waals surface area contributed by atoms with Crippen molar-refractivity contribution in [1.29, 1.82) is 0 Å². The summed E-state index contributed by atoms with van der Waals surface area (Å²) in [7, 11) is -4.20. The molecule has 0 bridgehead atoms. The number of fused-ring (bicyclic) bond motifs is 1. The van der Waals surface area contributed by atoms with Crippen LogP contribution in [0.4, 0.5) is 0 Å². The number of aldehydes is 1. The van der Waals surface area contributed by atoms with Gasteiger partial charge in [0.2, 0.25) is 0 Å². The summed E-state index contributed by atoms with van der Waals surface area (Å²) in [6.07, 6.45) is 10.0. The van der Waals surface area contributed by atoms with E-state index in [-0.39, 0.29) is 58.4 Å². The normalized spacial score (nSPS) is 32.9. The first kappa shape index (κ1) is 36.9. The van der Waals surface area contributed by atoms with Crippen molar-refractivity contribution in [3.05, 3.63) is 35.5 Å². The molecule has 6 nitrogen and oxygen atoms in total. The van der Waals surface area contributed by atoms with Crippen molar-refractivity contribution in [2.75, 3.05) is 0 Å². The zero-order valence-corrected chi connectivity index (χ0v) is 31.0. The van der Waals surface area contributed by atoms with E-state index in [2.05, 4.69) is 92.9 Å². The van der Waals surface area contributed by atoms with Gasteiger partial charge in [-0.25, -0.2) is 4.79 Å². The van der Waals surface area contributed by atoms with Gasteiger partial charge in [0.05, 0.1) is 12.2 Å². The Kier molecular flexibility index (Phi) is 12.5.